The van der Waals surface area contributed by atoms with Gasteiger partial charge in [-0.1, -0.05) is 60.7 Å². The Hall–Kier alpha value is -2.13. The zero-order valence-electron chi connectivity index (χ0n) is 14.6. The number of hydrogen-bond donors (Lipinski definition) is 1. The van der Waals surface area contributed by atoms with Crippen LogP contribution in [-0.4, -0.2) is 30.0 Å². The lowest BCUT2D eigenvalue weighted by Gasteiger charge is -2.36. The maximum Gasteiger partial charge on any atom is 0.278 e. The summed E-state index contributed by atoms with van der Waals surface area (Å²) in [4.78, 5) is 12.9. The number of carbonyl (C=O) groups excluding carboxylic acids is 1. The fourth-order valence-electron chi connectivity index (χ4n) is 3.85. The molecule has 0 radical (unpaired) electrons. The molecule has 1 saturated heterocycles. The summed E-state index contributed by atoms with van der Waals surface area (Å²) >= 11 is 0. The largest absolute Gasteiger partial charge is 0.344 e. The lowest BCUT2D eigenvalue weighted by Crippen LogP contribution is -2.54. The smallest absolute Gasteiger partial charge is 0.278 e. The van der Waals surface area contributed by atoms with E-state index in [0.717, 1.165) is 36.0 Å². The highest BCUT2D eigenvalue weighted by molar-refractivity contribution is 5.81. The van der Waals surface area contributed by atoms with Crippen molar-refractivity contribution in [3.8, 4) is 0 Å². The lowest BCUT2D eigenvalue weighted by molar-refractivity contribution is -0.925. The molecule has 3 heteroatoms. The van der Waals surface area contributed by atoms with E-state index in [1.807, 2.05) is 24.3 Å². The van der Waals surface area contributed by atoms with Crippen molar-refractivity contribution < 1.29 is 9.28 Å². The van der Waals surface area contributed by atoms with E-state index in [9.17, 15) is 4.79 Å². The Labute approximate surface area is 144 Å². The number of carbonyl (C=O) groups is 1. The van der Waals surface area contributed by atoms with Gasteiger partial charge in [0, 0.05) is 18.4 Å². The molecule has 0 aliphatic carbocycles. The standard InChI is InChI=1S/C21H26N2O/c1-17(19-12-7-4-8-13-19)22-21(24)20-14-9-15-23(20,2)16-18-10-5-3-6-11-18/h3-8,10-13,17,20H,9,14-16H2,1-2H3/p+1/t17-,20+,23+/m1/s1. The van der Waals surface area contributed by atoms with Crippen LogP contribution in [-0.2, 0) is 11.3 Å². The third kappa shape index (κ3) is 3.68. The van der Waals surface area contributed by atoms with Gasteiger partial charge in [0.1, 0.15) is 6.54 Å². The van der Waals surface area contributed by atoms with Gasteiger partial charge in [-0.05, 0) is 12.5 Å². The summed E-state index contributed by atoms with van der Waals surface area (Å²) in [5, 5.41) is 3.22. The minimum absolute atomic E-state index is 0.0383. The van der Waals surface area contributed by atoms with E-state index in [2.05, 4.69) is 55.7 Å². The quantitative estimate of drug-likeness (QED) is 0.836. The summed E-state index contributed by atoms with van der Waals surface area (Å²) in [6.45, 7) is 4.04. The summed E-state index contributed by atoms with van der Waals surface area (Å²) < 4.78 is 0.803. The number of quaternary nitrogens is 1. The first-order valence-corrected chi connectivity index (χ1v) is 8.82. The zero-order chi connectivity index (χ0) is 17.0. The molecule has 1 N–H and O–H groups in total. The summed E-state index contributed by atoms with van der Waals surface area (Å²) in [6.07, 6.45) is 2.08. The number of benzene rings is 2. The molecule has 0 bridgehead atoms. The second kappa shape index (κ2) is 7.18. The van der Waals surface area contributed by atoms with Crippen molar-refractivity contribution in [2.45, 2.75) is 38.4 Å². The number of hydrogen-bond acceptors (Lipinski definition) is 1. The second-order valence-corrected chi connectivity index (χ2v) is 7.15. The molecule has 0 unspecified atom stereocenters. The summed E-state index contributed by atoms with van der Waals surface area (Å²) in [5.41, 5.74) is 2.46. The number of likely N-dealkylation sites (tertiary alicyclic amines) is 1. The van der Waals surface area contributed by atoms with Crippen LogP contribution >= 0.6 is 0 Å². The Morgan fingerprint density at radius 2 is 1.75 bits per heavy atom. The molecule has 1 amide bonds. The van der Waals surface area contributed by atoms with Gasteiger partial charge < -0.3 is 9.80 Å². The maximum absolute atomic E-state index is 12.9. The minimum atomic E-state index is 0.0383. The highest BCUT2D eigenvalue weighted by Crippen LogP contribution is 2.28. The average molecular weight is 323 g/mol. The lowest BCUT2D eigenvalue weighted by atomic mass is 10.1. The van der Waals surface area contributed by atoms with Crippen LogP contribution in [0, 0.1) is 0 Å². The molecule has 3 atom stereocenters. The zero-order valence-corrected chi connectivity index (χ0v) is 14.6. The van der Waals surface area contributed by atoms with Gasteiger partial charge >= 0.3 is 0 Å². The van der Waals surface area contributed by atoms with E-state index in [1.165, 1.54) is 5.56 Å². The molecule has 1 aliphatic heterocycles. The molecule has 3 rings (SSSR count). The van der Waals surface area contributed by atoms with E-state index < -0.39 is 0 Å². The monoisotopic (exact) mass is 323 g/mol. The Bertz CT molecular complexity index is 671. The van der Waals surface area contributed by atoms with Crippen molar-refractivity contribution in [2.24, 2.45) is 0 Å². The summed E-state index contributed by atoms with van der Waals surface area (Å²) in [5.74, 6) is 0.183. The Kier molecular flexibility index (Phi) is 5.00. The second-order valence-electron chi connectivity index (χ2n) is 7.15. The molecule has 1 heterocycles. The van der Waals surface area contributed by atoms with Crippen LogP contribution in [0.2, 0.25) is 0 Å². The first kappa shape index (κ1) is 16.7. The van der Waals surface area contributed by atoms with Crippen LogP contribution in [0.3, 0.4) is 0 Å². The third-order valence-corrected chi connectivity index (χ3v) is 5.25. The number of amides is 1. The van der Waals surface area contributed by atoms with Gasteiger partial charge in [0.2, 0.25) is 0 Å². The molecule has 1 fully saturated rings. The minimum Gasteiger partial charge on any atom is -0.344 e. The van der Waals surface area contributed by atoms with Gasteiger partial charge in [0.15, 0.2) is 6.04 Å². The van der Waals surface area contributed by atoms with Crippen molar-refractivity contribution >= 4 is 5.91 Å². The Balaban J connectivity index is 1.69. The fourth-order valence-corrected chi connectivity index (χ4v) is 3.85. The third-order valence-electron chi connectivity index (χ3n) is 5.25. The van der Waals surface area contributed by atoms with Crippen molar-refractivity contribution in [3.63, 3.8) is 0 Å². The molecule has 1 aliphatic rings. The number of rotatable bonds is 5. The molecule has 126 valence electrons. The maximum atomic E-state index is 12.9. The van der Waals surface area contributed by atoms with Crippen molar-refractivity contribution in [3.05, 3.63) is 71.8 Å². The number of likely N-dealkylation sites (N-methyl/N-ethyl adjacent to an activating group) is 1. The van der Waals surface area contributed by atoms with Crippen LogP contribution < -0.4 is 5.32 Å². The highest BCUT2D eigenvalue weighted by Gasteiger charge is 2.43. The van der Waals surface area contributed by atoms with E-state index >= 15 is 0 Å². The van der Waals surface area contributed by atoms with E-state index in [0.29, 0.717) is 0 Å². The predicted octanol–water partition coefficient (Wildman–Crippen LogP) is 3.67. The van der Waals surface area contributed by atoms with E-state index in [4.69, 9.17) is 0 Å². The molecule has 0 saturated carbocycles. The average Bonchev–Trinajstić information content (AvgIpc) is 2.97. The van der Waals surface area contributed by atoms with Gasteiger partial charge in [0.05, 0.1) is 19.6 Å². The topological polar surface area (TPSA) is 29.1 Å². The van der Waals surface area contributed by atoms with Gasteiger partial charge in [0.25, 0.3) is 5.91 Å². The molecular weight excluding hydrogens is 296 g/mol. The van der Waals surface area contributed by atoms with Gasteiger partial charge in [-0.15, -0.1) is 0 Å². The van der Waals surface area contributed by atoms with Crippen LogP contribution in [0.1, 0.15) is 36.9 Å². The first-order chi connectivity index (χ1) is 11.6. The number of nitrogens with one attached hydrogen (secondary N) is 1. The Morgan fingerprint density at radius 3 is 2.42 bits per heavy atom. The SMILES string of the molecule is C[C@@H](NC(=O)[C@@H]1CCC[N@@+]1(C)Cc1ccccc1)c1ccccc1. The van der Waals surface area contributed by atoms with E-state index in [1.54, 1.807) is 0 Å². The van der Waals surface area contributed by atoms with Gasteiger partial charge in [-0.3, -0.25) is 4.79 Å². The molecular formula is C21H27N2O+. The van der Waals surface area contributed by atoms with Crippen LogP contribution in [0.4, 0.5) is 0 Å². The highest BCUT2D eigenvalue weighted by atomic mass is 16.2. The normalized spacial score (nSPS) is 24.5. The van der Waals surface area contributed by atoms with Crippen LogP contribution in [0.5, 0.6) is 0 Å². The van der Waals surface area contributed by atoms with Gasteiger partial charge in [-0.25, -0.2) is 0 Å². The Morgan fingerprint density at radius 1 is 1.12 bits per heavy atom. The summed E-state index contributed by atoms with van der Waals surface area (Å²) in [6, 6.07) is 20.8. The molecule has 2 aromatic carbocycles. The first-order valence-electron chi connectivity index (χ1n) is 8.82. The summed E-state index contributed by atoms with van der Waals surface area (Å²) in [7, 11) is 2.22. The van der Waals surface area contributed by atoms with Crippen LogP contribution in [0.25, 0.3) is 0 Å². The molecule has 2 aromatic rings. The number of nitrogens with zero attached hydrogens (tertiary/aromatic N) is 1. The van der Waals surface area contributed by atoms with Crippen molar-refractivity contribution in [1.29, 1.82) is 0 Å². The molecule has 0 aromatic heterocycles. The molecule has 24 heavy (non-hydrogen) atoms. The predicted molar refractivity (Wildman–Crippen MR) is 97.2 cm³/mol. The van der Waals surface area contributed by atoms with Crippen molar-refractivity contribution in [2.75, 3.05) is 13.6 Å². The van der Waals surface area contributed by atoms with Gasteiger partial charge in [-0.2, -0.15) is 0 Å². The van der Waals surface area contributed by atoms with Crippen molar-refractivity contribution in [1.82, 2.24) is 5.32 Å². The fraction of sp³-hybridized carbons (Fsp3) is 0.381. The molecule has 0 spiro atoms. The van der Waals surface area contributed by atoms with E-state index in [-0.39, 0.29) is 18.0 Å². The van der Waals surface area contributed by atoms with Crippen LogP contribution in [0.15, 0.2) is 60.7 Å². The molecule has 3 nitrogen and oxygen atoms in total.